The van der Waals surface area contributed by atoms with Crippen LogP contribution in [0.15, 0.2) is 23.1 Å². The smallest absolute Gasteiger partial charge is 0.339 e. The molecule has 8 nitrogen and oxygen atoms in total. The van der Waals surface area contributed by atoms with Gasteiger partial charge in [0.05, 0.1) is 11.5 Å². The third-order valence-electron chi connectivity index (χ3n) is 2.56. The summed E-state index contributed by atoms with van der Waals surface area (Å²) in [5.41, 5.74) is -0.541. The number of esters is 1. The lowest BCUT2D eigenvalue weighted by atomic mass is 10.2. The minimum absolute atomic E-state index is 0.120. The molecule has 0 bridgehead atoms. The molecule has 2 N–H and O–H groups in total. The van der Waals surface area contributed by atoms with Crippen molar-refractivity contribution in [1.82, 2.24) is 4.31 Å². The van der Waals surface area contributed by atoms with Gasteiger partial charge in [-0.15, -0.1) is 0 Å². The minimum atomic E-state index is -4.07. The number of ether oxygens (including phenoxy) is 1. The van der Waals surface area contributed by atoms with Gasteiger partial charge in [0.15, 0.2) is 0 Å². The second kappa shape index (κ2) is 6.55. The first-order chi connectivity index (χ1) is 9.70. The van der Waals surface area contributed by atoms with Crippen LogP contribution in [0, 0.1) is 0 Å². The number of aromatic hydroxyl groups is 1. The fourth-order valence-electron chi connectivity index (χ4n) is 1.50. The summed E-state index contributed by atoms with van der Waals surface area (Å²) in [4.78, 5) is 21.8. The summed E-state index contributed by atoms with van der Waals surface area (Å²) in [5.74, 6) is -2.73. The van der Waals surface area contributed by atoms with Gasteiger partial charge >= 0.3 is 11.9 Å². The largest absolute Gasteiger partial charge is 0.507 e. The van der Waals surface area contributed by atoms with E-state index in [2.05, 4.69) is 4.74 Å². The van der Waals surface area contributed by atoms with E-state index in [1.807, 2.05) is 0 Å². The van der Waals surface area contributed by atoms with Crippen LogP contribution in [0.25, 0.3) is 0 Å². The molecular weight excluding hydrogens is 302 g/mol. The lowest BCUT2D eigenvalue weighted by Crippen LogP contribution is -2.33. The van der Waals surface area contributed by atoms with Crippen molar-refractivity contribution in [1.29, 1.82) is 0 Å². The van der Waals surface area contributed by atoms with Gasteiger partial charge in [0.25, 0.3) is 0 Å². The molecule has 0 fully saturated rings. The number of aromatic carboxylic acids is 1. The van der Waals surface area contributed by atoms with Crippen molar-refractivity contribution in [3.8, 4) is 5.75 Å². The third kappa shape index (κ3) is 3.92. The standard InChI is InChI=1S/C12H15NO7S/c1-3-20-11(15)7-13(2)21(18,19)8-4-5-10(14)9(6-8)12(16)17/h4-6,14H,3,7H2,1-2H3,(H,16,17). The molecule has 9 heteroatoms. The summed E-state index contributed by atoms with van der Waals surface area (Å²) in [5, 5.41) is 18.2. The van der Waals surface area contributed by atoms with Crippen molar-refractivity contribution >= 4 is 22.0 Å². The Bertz CT molecular complexity index is 654. The van der Waals surface area contributed by atoms with Gasteiger partial charge < -0.3 is 14.9 Å². The molecular formula is C12H15NO7S. The summed E-state index contributed by atoms with van der Waals surface area (Å²) >= 11 is 0. The highest BCUT2D eigenvalue weighted by molar-refractivity contribution is 7.89. The fraction of sp³-hybridized carbons (Fsp3) is 0.333. The van der Waals surface area contributed by atoms with Crippen molar-refractivity contribution in [2.45, 2.75) is 11.8 Å². The van der Waals surface area contributed by atoms with Crippen LogP contribution in [-0.4, -0.2) is 55.1 Å². The summed E-state index contributed by atoms with van der Waals surface area (Å²) in [6.45, 7) is 1.21. The Kier molecular flexibility index (Phi) is 5.28. The number of hydrogen-bond donors (Lipinski definition) is 2. The second-order valence-electron chi connectivity index (χ2n) is 4.05. The van der Waals surface area contributed by atoms with E-state index in [4.69, 9.17) is 5.11 Å². The lowest BCUT2D eigenvalue weighted by molar-refractivity contribution is -0.143. The van der Waals surface area contributed by atoms with Crippen LogP contribution in [0.2, 0.25) is 0 Å². The first kappa shape index (κ1) is 16.9. The number of carboxylic acids is 1. The van der Waals surface area contributed by atoms with Crippen molar-refractivity contribution in [2.24, 2.45) is 0 Å². The Balaban J connectivity index is 3.10. The molecule has 0 atom stereocenters. The maximum atomic E-state index is 12.2. The van der Waals surface area contributed by atoms with Gasteiger partial charge in [0.1, 0.15) is 17.9 Å². The molecule has 1 aromatic rings. The van der Waals surface area contributed by atoms with E-state index in [1.54, 1.807) is 6.92 Å². The normalized spacial score (nSPS) is 11.4. The summed E-state index contributed by atoms with van der Waals surface area (Å²) in [7, 11) is -2.90. The second-order valence-corrected chi connectivity index (χ2v) is 6.10. The Morgan fingerprint density at radius 1 is 1.33 bits per heavy atom. The summed E-state index contributed by atoms with van der Waals surface area (Å²) in [6, 6.07) is 2.85. The number of nitrogens with zero attached hydrogens (tertiary/aromatic N) is 1. The molecule has 0 aliphatic heterocycles. The highest BCUT2D eigenvalue weighted by Crippen LogP contribution is 2.23. The maximum absolute atomic E-state index is 12.2. The molecule has 0 aromatic heterocycles. The van der Waals surface area contributed by atoms with Crippen molar-refractivity contribution in [2.75, 3.05) is 20.2 Å². The monoisotopic (exact) mass is 317 g/mol. The van der Waals surface area contributed by atoms with Crippen LogP contribution in [0.4, 0.5) is 0 Å². The van der Waals surface area contributed by atoms with Crippen molar-refractivity contribution < 1.29 is 33.0 Å². The average molecular weight is 317 g/mol. The predicted octanol–water partition coefficient (Wildman–Crippen LogP) is 0.274. The van der Waals surface area contributed by atoms with Gasteiger partial charge in [0, 0.05) is 7.05 Å². The minimum Gasteiger partial charge on any atom is -0.507 e. The molecule has 0 heterocycles. The molecule has 0 radical (unpaired) electrons. The van der Waals surface area contributed by atoms with Crippen LogP contribution >= 0.6 is 0 Å². The molecule has 0 saturated heterocycles. The number of carbonyl (C=O) groups excluding carboxylic acids is 1. The SMILES string of the molecule is CCOC(=O)CN(C)S(=O)(=O)c1ccc(O)c(C(=O)O)c1. The number of phenols is 1. The number of sulfonamides is 1. The molecule has 0 amide bonds. The number of rotatable bonds is 6. The molecule has 1 aromatic carbocycles. The van der Waals surface area contributed by atoms with Gasteiger partial charge in [-0.1, -0.05) is 0 Å². The summed E-state index contributed by atoms with van der Waals surface area (Å²) in [6.07, 6.45) is 0. The molecule has 0 aliphatic carbocycles. The molecule has 116 valence electrons. The lowest BCUT2D eigenvalue weighted by Gasteiger charge is -2.16. The molecule has 21 heavy (non-hydrogen) atoms. The predicted molar refractivity (Wildman–Crippen MR) is 71.5 cm³/mol. The highest BCUT2D eigenvalue weighted by Gasteiger charge is 2.25. The van der Waals surface area contributed by atoms with E-state index in [9.17, 15) is 23.1 Å². The number of hydrogen-bond acceptors (Lipinski definition) is 6. The Hall–Kier alpha value is -2.13. The van der Waals surface area contributed by atoms with Crippen LogP contribution in [0.3, 0.4) is 0 Å². The first-order valence-corrected chi connectivity index (χ1v) is 7.32. The van der Waals surface area contributed by atoms with Crippen LogP contribution in [0.5, 0.6) is 5.75 Å². The Morgan fingerprint density at radius 3 is 2.48 bits per heavy atom. The zero-order valence-electron chi connectivity index (χ0n) is 11.4. The van der Waals surface area contributed by atoms with E-state index in [0.29, 0.717) is 0 Å². The van der Waals surface area contributed by atoms with Gasteiger partial charge in [0.2, 0.25) is 10.0 Å². The van der Waals surface area contributed by atoms with E-state index in [0.717, 1.165) is 22.5 Å². The number of benzene rings is 1. The summed E-state index contributed by atoms with van der Waals surface area (Å²) < 4.78 is 29.8. The first-order valence-electron chi connectivity index (χ1n) is 5.88. The molecule has 0 aliphatic rings. The van der Waals surface area contributed by atoms with Gasteiger partial charge in [-0.05, 0) is 25.1 Å². The van der Waals surface area contributed by atoms with Gasteiger partial charge in [-0.25, -0.2) is 13.2 Å². The molecule has 0 spiro atoms. The van der Waals surface area contributed by atoms with E-state index in [1.165, 1.54) is 7.05 Å². The average Bonchev–Trinajstić information content (AvgIpc) is 2.38. The zero-order valence-corrected chi connectivity index (χ0v) is 12.3. The van der Waals surface area contributed by atoms with Crippen molar-refractivity contribution in [3.63, 3.8) is 0 Å². The van der Waals surface area contributed by atoms with Crippen LogP contribution in [0.1, 0.15) is 17.3 Å². The number of carbonyl (C=O) groups is 2. The Morgan fingerprint density at radius 2 is 1.95 bits per heavy atom. The fourth-order valence-corrected chi connectivity index (χ4v) is 2.64. The van der Waals surface area contributed by atoms with Gasteiger partial charge in [-0.2, -0.15) is 4.31 Å². The highest BCUT2D eigenvalue weighted by atomic mass is 32.2. The number of likely N-dealkylation sites (N-methyl/N-ethyl adjacent to an activating group) is 1. The van der Waals surface area contributed by atoms with Crippen LogP contribution < -0.4 is 0 Å². The third-order valence-corrected chi connectivity index (χ3v) is 4.36. The zero-order chi connectivity index (χ0) is 16.2. The Labute approximate surface area is 121 Å². The van der Waals surface area contributed by atoms with E-state index in [-0.39, 0.29) is 11.5 Å². The number of carboxylic acid groups (broad SMARTS) is 1. The van der Waals surface area contributed by atoms with Crippen molar-refractivity contribution in [3.05, 3.63) is 23.8 Å². The van der Waals surface area contributed by atoms with E-state index >= 15 is 0 Å². The topological polar surface area (TPSA) is 121 Å². The maximum Gasteiger partial charge on any atom is 0.339 e. The quantitative estimate of drug-likeness (QED) is 0.722. The molecule has 0 saturated carbocycles. The van der Waals surface area contributed by atoms with E-state index < -0.39 is 39.8 Å². The molecule has 1 rings (SSSR count). The molecule has 0 unspecified atom stereocenters. The van der Waals surface area contributed by atoms with Gasteiger partial charge in [-0.3, -0.25) is 4.79 Å². The van der Waals surface area contributed by atoms with Crippen LogP contribution in [-0.2, 0) is 19.6 Å².